The number of ether oxygens (including phenoxy) is 2. The van der Waals surface area contributed by atoms with E-state index >= 15 is 0 Å². The third-order valence-electron chi connectivity index (χ3n) is 5.65. The maximum atomic E-state index is 13.0. The van der Waals surface area contributed by atoms with Gasteiger partial charge in [-0.05, 0) is 50.3 Å². The molecule has 2 heterocycles. The molecule has 0 spiro atoms. The van der Waals surface area contributed by atoms with E-state index in [4.69, 9.17) is 9.47 Å². The van der Waals surface area contributed by atoms with Crippen molar-refractivity contribution in [2.75, 3.05) is 13.2 Å². The van der Waals surface area contributed by atoms with Crippen LogP contribution < -0.4 is 5.32 Å². The molecule has 0 bridgehead atoms. The molecule has 148 valence electrons. The highest BCUT2D eigenvalue weighted by molar-refractivity contribution is 6.03. The molecular weight excluding hydrogens is 358 g/mol. The lowest BCUT2D eigenvalue weighted by molar-refractivity contribution is -0.142. The zero-order valence-corrected chi connectivity index (χ0v) is 16.0. The number of rotatable bonds is 4. The van der Waals surface area contributed by atoms with Gasteiger partial charge in [0.05, 0.1) is 11.7 Å². The number of ketones is 1. The molecule has 2 aliphatic heterocycles. The smallest absolute Gasteiger partial charge is 0.336 e. The number of nitrogens with one attached hydrogen (secondary N) is 1. The van der Waals surface area contributed by atoms with Gasteiger partial charge in [-0.1, -0.05) is 12.1 Å². The van der Waals surface area contributed by atoms with Crippen molar-refractivity contribution in [1.82, 2.24) is 5.32 Å². The van der Waals surface area contributed by atoms with E-state index in [1.54, 1.807) is 24.3 Å². The SMILES string of the molecule is CC1=C(C(=O)OC[C@H]2CCCO2)[C@H](c2ccc(O)cc2)C2=C(CCCC2=O)N1. The highest BCUT2D eigenvalue weighted by atomic mass is 16.6. The van der Waals surface area contributed by atoms with Crippen LogP contribution in [-0.4, -0.2) is 36.2 Å². The van der Waals surface area contributed by atoms with Gasteiger partial charge in [0.1, 0.15) is 12.4 Å². The third-order valence-corrected chi connectivity index (χ3v) is 5.65. The summed E-state index contributed by atoms with van der Waals surface area (Å²) < 4.78 is 11.1. The molecule has 2 atom stereocenters. The number of dihydropyridines is 1. The Balaban J connectivity index is 1.68. The maximum absolute atomic E-state index is 13.0. The second-order valence-electron chi connectivity index (χ2n) is 7.59. The normalized spacial score (nSPS) is 24.8. The van der Waals surface area contributed by atoms with Gasteiger partial charge in [-0.3, -0.25) is 4.79 Å². The quantitative estimate of drug-likeness (QED) is 0.778. The Labute approximate surface area is 164 Å². The van der Waals surface area contributed by atoms with Crippen LogP contribution in [0.3, 0.4) is 0 Å². The molecule has 1 aliphatic carbocycles. The number of allylic oxidation sites excluding steroid dienone is 3. The summed E-state index contributed by atoms with van der Waals surface area (Å²) in [7, 11) is 0. The Morgan fingerprint density at radius 1 is 1.25 bits per heavy atom. The molecule has 0 aromatic heterocycles. The number of hydrogen-bond donors (Lipinski definition) is 2. The molecule has 6 nitrogen and oxygen atoms in total. The van der Waals surface area contributed by atoms with Gasteiger partial charge in [0.2, 0.25) is 0 Å². The average molecular weight is 383 g/mol. The lowest BCUT2D eigenvalue weighted by atomic mass is 9.75. The monoisotopic (exact) mass is 383 g/mol. The van der Waals surface area contributed by atoms with Gasteiger partial charge >= 0.3 is 5.97 Å². The topological polar surface area (TPSA) is 84.9 Å². The number of phenols is 1. The zero-order chi connectivity index (χ0) is 19.7. The first kappa shape index (κ1) is 18.7. The van der Waals surface area contributed by atoms with Crippen LogP contribution in [0.25, 0.3) is 0 Å². The summed E-state index contributed by atoms with van der Waals surface area (Å²) in [6, 6.07) is 6.68. The fourth-order valence-electron chi connectivity index (χ4n) is 4.28. The molecule has 1 aromatic carbocycles. The van der Waals surface area contributed by atoms with Crippen molar-refractivity contribution in [2.24, 2.45) is 0 Å². The second-order valence-corrected chi connectivity index (χ2v) is 7.59. The molecule has 3 aliphatic rings. The molecule has 1 saturated heterocycles. The second kappa shape index (κ2) is 7.80. The van der Waals surface area contributed by atoms with E-state index < -0.39 is 11.9 Å². The first-order chi connectivity index (χ1) is 13.5. The first-order valence-corrected chi connectivity index (χ1v) is 9.86. The molecule has 0 unspecified atom stereocenters. The largest absolute Gasteiger partial charge is 0.508 e. The van der Waals surface area contributed by atoms with Crippen LogP contribution in [-0.2, 0) is 19.1 Å². The van der Waals surface area contributed by atoms with Crippen molar-refractivity contribution in [3.63, 3.8) is 0 Å². The van der Waals surface area contributed by atoms with Crippen LogP contribution in [0.4, 0.5) is 0 Å². The Morgan fingerprint density at radius 2 is 2.04 bits per heavy atom. The van der Waals surface area contributed by atoms with Gasteiger partial charge in [0.15, 0.2) is 5.78 Å². The van der Waals surface area contributed by atoms with E-state index in [0.29, 0.717) is 29.9 Å². The number of esters is 1. The molecule has 4 rings (SSSR count). The minimum absolute atomic E-state index is 0.0559. The summed E-state index contributed by atoms with van der Waals surface area (Å²) in [6.45, 7) is 2.77. The summed E-state index contributed by atoms with van der Waals surface area (Å²) in [6.07, 6.45) is 3.88. The standard InChI is InChI=1S/C22H25NO5/c1-13-19(22(26)28-12-16-4-3-11-27-16)20(14-7-9-15(24)10-8-14)21-17(23-13)5-2-6-18(21)25/h7-10,16,20,23-24H,2-6,11-12H2,1H3/t16-,20+/m1/s1. The van der Waals surface area contributed by atoms with Crippen molar-refractivity contribution < 1.29 is 24.2 Å². The van der Waals surface area contributed by atoms with Crippen LogP contribution in [0.5, 0.6) is 5.75 Å². The van der Waals surface area contributed by atoms with Crippen molar-refractivity contribution in [2.45, 2.75) is 51.0 Å². The maximum Gasteiger partial charge on any atom is 0.336 e. The van der Waals surface area contributed by atoms with Gasteiger partial charge in [-0.15, -0.1) is 0 Å². The average Bonchev–Trinajstić information content (AvgIpc) is 3.19. The van der Waals surface area contributed by atoms with Gasteiger partial charge in [-0.25, -0.2) is 4.79 Å². The van der Waals surface area contributed by atoms with Crippen molar-refractivity contribution in [3.05, 3.63) is 52.4 Å². The van der Waals surface area contributed by atoms with E-state index in [-0.39, 0.29) is 24.2 Å². The summed E-state index contributed by atoms with van der Waals surface area (Å²) >= 11 is 0. The molecule has 28 heavy (non-hydrogen) atoms. The van der Waals surface area contributed by atoms with Gasteiger partial charge in [-0.2, -0.15) is 0 Å². The zero-order valence-electron chi connectivity index (χ0n) is 16.0. The minimum Gasteiger partial charge on any atom is -0.508 e. The van der Waals surface area contributed by atoms with Crippen molar-refractivity contribution in [3.8, 4) is 5.75 Å². The predicted octanol–water partition coefficient (Wildman–Crippen LogP) is 3.08. The van der Waals surface area contributed by atoms with E-state index in [1.807, 2.05) is 6.92 Å². The first-order valence-electron chi connectivity index (χ1n) is 9.86. The van der Waals surface area contributed by atoms with Crippen LogP contribution in [0.1, 0.15) is 50.5 Å². The summed E-state index contributed by atoms with van der Waals surface area (Å²) in [5.41, 5.74) is 3.50. The summed E-state index contributed by atoms with van der Waals surface area (Å²) in [5.74, 6) is -0.709. The van der Waals surface area contributed by atoms with Crippen LogP contribution >= 0.6 is 0 Å². The Hall–Kier alpha value is -2.60. The Bertz CT molecular complexity index is 846. The van der Waals surface area contributed by atoms with Crippen LogP contribution in [0.2, 0.25) is 0 Å². The lowest BCUT2D eigenvalue weighted by Gasteiger charge is -2.34. The summed E-state index contributed by atoms with van der Waals surface area (Å²) in [4.78, 5) is 25.8. The van der Waals surface area contributed by atoms with Crippen molar-refractivity contribution >= 4 is 11.8 Å². The highest BCUT2D eigenvalue weighted by Crippen LogP contribution is 2.42. The minimum atomic E-state index is -0.485. The fraction of sp³-hybridized carbons (Fsp3) is 0.455. The third kappa shape index (κ3) is 3.56. The van der Waals surface area contributed by atoms with E-state index in [9.17, 15) is 14.7 Å². The number of hydrogen-bond acceptors (Lipinski definition) is 6. The van der Waals surface area contributed by atoms with Gasteiger partial charge in [0.25, 0.3) is 0 Å². The molecule has 1 fully saturated rings. The van der Waals surface area contributed by atoms with E-state index in [0.717, 1.165) is 36.9 Å². The van der Waals surface area contributed by atoms with Gasteiger partial charge in [0, 0.05) is 35.9 Å². The van der Waals surface area contributed by atoms with Crippen LogP contribution in [0.15, 0.2) is 46.8 Å². The fourth-order valence-corrected chi connectivity index (χ4v) is 4.28. The van der Waals surface area contributed by atoms with Crippen LogP contribution in [0, 0.1) is 0 Å². The number of benzene rings is 1. The lowest BCUT2D eigenvalue weighted by Crippen LogP contribution is -2.35. The molecular formula is C22H25NO5. The predicted molar refractivity (Wildman–Crippen MR) is 103 cm³/mol. The number of phenolic OH excluding ortho intramolecular Hbond substituents is 1. The van der Waals surface area contributed by atoms with E-state index in [2.05, 4.69) is 5.32 Å². The molecule has 2 N–H and O–H groups in total. The number of aromatic hydroxyl groups is 1. The Morgan fingerprint density at radius 3 is 2.75 bits per heavy atom. The molecule has 1 aromatic rings. The molecule has 0 radical (unpaired) electrons. The molecule has 6 heteroatoms. The highest BCUT2D eigenvalue weighted by Gasteiger charge is 2.39. The van der Waals surface area contributed by atoms with Crippen molar-refractivity contribution in [1.29, 1.82) is 0 Å². The summed E-state index contributed by atoms with van der Waals surface area (Å²) in [5, 5.41) is 12.9. The number of Topliss-reactive ketones (excluding diaryl/α,β-unsaturated/α-hetero) is 1. The van der Waals surface area contributed by atoms with Gasteiger partial charge < -0.3 is 19.9 Å². The Kier molecular flexibility index (Phi) is 5.22. The number of carbonyl (C=O) groups is 2. The number of carbonyl (C=O) groups excluding carboxylic acids is 2. The molecule has 0 amide bonds. The van der Waals surface area contributed by atoms with E-state index in [1.165, 1.54) is 0 Å². The molecule has 0 saturated carbocycles.